The highest BCUT2D eigenvalue weighted by atomic mass is 16.3. The van der Waals surface area contributed by atoms with E-state index >= 15 is 0 Å². The molecule has 0 bridgehead atoms. The summed E-state index contributed by atoms with van der Waals surface area (Å²) in [7, 11) is 0. The highest BCUT2D eigenvalue weighted by Crippen LogP contribution is 2.01. The van der Waals surface area contributed by atoms with Crippen molar-refractivity contribution in [3.63, 3.8) is 0 Å². The van der Waals surface area contributed by atoms with Crippen molar-refractivity contribution in [2.45, 2.75) is 19.9 Å². The third kappa shape index (κ3) is 2.23. The van der Waals surface area contributed by atoms with Crippen molar-refractivity contribution in [2.24, 2.45) is 0 Å². The lowest BCUT2D eigenvalue weighted by Crippen LogP contribution is -2.35. The van der Waals surface area contributed by atoms with E-state index in [0.29, 0.717) is 5.78 Å². The second-order valence-electron chi connectivity index (χ2n) is 3.79. The first kappa shape index (κ1) is 11.5. The van der Waals surface area contributed by atoms with Gasteiger partial charge >= 0.3 is 0 Å². The van der Waals surface area contributed by atoms with Crippen LogP contribution in [0.3, 0.4) is 0 Å². The molecule has 2 aromatic heterocycles. The summed E-state index contributed by atoms with van der Waals surface area (Å²) in [4.78, 5) is 19.7. The number of aliphatic hydroxyl groups excluding tert-OH is 1. The molecule has 0 radical (unpaired) electrons. The molecule has 2 heterocycles. The Labute approximate surface area is 97.5 Å². The molecule has 0 saturated carbocycles. The van der Waals surface area contributed by atoms with E-state index in [-0.39, 0.29) is 18.5 Å². The minimum atomic E-state index is -0.420. The Morgan fingerprint density at radius 3 is 3.06 bits per heavy atom. The molecule has 1 atom stereocenters. The second-order valence-corrected chi connectivity index (χ2v) is 3.79. The summed E-state index contributed by atoms with van der Waals surface area (Å²) in [6, 6.07) is 1.45. The van der Waals surface area contributed by atoms with Gasteiger partial charge in [0, 0.05) is 17.9 Å². The highest BCUT2D eigenvalue weighted by molar-refractivity contribution is 5.91. The average Bonchev–Trinajstić information content (AvgIpc) is 2.74. The van der Waals surface area contributed by atoms with Crippen molar-refractivity contribution in [1.82, 2.24) is 24.9 Å². The zero-order valence-electron chi connectivity index (χ0n) is 9.58. The Bertz CT molecular complexity index is 551. The van der Waals surface area contributed by atoms with Crippen molar-refractivity contribution in [2.75, 3.05) is 6.61 Å². The van der Waals surface area contributed by atoms with E-state index in [2.05, 4.69) is 20.4 Å². The monoisotopic (exact) mass is 235 g/mol. The van der Waals surface area contributed by atoms with Gasteiger partial charge in [-0.2, -0.15) is 4.98 Å². The summed E-state index contributed by atoms with van der Waals surface area (Å²) in [6.07, 6.45) is 1.61. The van der Waals surface area contributed by atoms with Crippen LogP contribution in [0.5, 0.6) is 0 Å². The Balaban J connectivity index is 2.30. The third-order valence-corrected chi connectivity index (χ3v) is 2.28. The van der Waals surface area contributed by atoms with Crippen molar-refractivity contribution in [3.05, 3.63) is 23.8 Å². The van der Waals surface area contributed by atoms with Crippen molar-refractivity contribution in [3.8, 4) is 0 Å². The molecule has 2 rings (SSSR count). The molecular formula is C10H13N5O2. The minimum Gasteiger partial charge on any atom is -0.394 e. The molecule has 0 unspecified atom stereocenters. The number of carbonyl (C=O) groups is 1. The van der Waals surface area contributed by atoms with Crippen LogP contribution in [0.15, 0.2) is 12.3 Å². The summed E-state index contributed by atoms with van der Waals surface area (Å²) < 4.78 is 1.50. The van der Waals surface area contributed by atoms with Gasteiger partial charge in [-0.15, -0.1) is 5.10 Å². The topological polar surface area (TPSA) is 92.4 Å². The maximum atomic E-state index is 11.7. The predicted molar refractivity (Wildman–Crippen MR) is 59.5 cm³/mol. The zero-order chi connectivity index (χ0) is 12.4. The zero-order valence-corrected chi connectivity index (χ0v) is 9.58. The smallest absolute Gasteiger partial charge is 0.291 e. The molecule has 0 aromatic carbocycles. The van der Waals surface area contributed by atoms with Gasteiger partial charge < -0.3 is 10.4 Å². The quantitative estimate of drug-likeness (QED) is 0.751. The molecule has 0 saturated heterocycles. The van der Waals surface area contributed by atoms with Crippen molar-refractivity contribution in [1.29, 1.82) is 0 Å². The SMILES string of the molecule is Cc1ccnc2nc(C(=O)N[C@H](C)CO)nn12. The van der Waals surface area contributed by atoms with E-state index in [9.17, 15) is 4.79 Å². The summed E-state index contributed by atoms with van der Waals surface area (Å²) in [6.45, 7) is 3.41. The van der Waals surface area contributed by atoms with Crippen molar-refractivity contribution < 1.29 is 9.90 Å². The molecule has 0 spiro atoms. The van der Waals surface area contributed by atoms with E-state index in [1.165, 1.54) is 4.52 Å². The van der Waals surface area contributed by atoms with Gasteiger partial charge in [-0.25, -0.2) is 9.50 Å². The largest absolute Gasteiger partial charge is 0.394 e. The van der Waals surface area contributed by atoms with Crippen LogP contribution in [0.1, 0.15) is 23.2 Å². The van der Waals surface area contributed by atoms with Crippen LogP contribution in [0.25, 0.3) is 5.78 Å². The summed E-state index contributed by atoms with van der Waals surface area (Å²) in [5, 5.41) is 15.5. The number of nitrogens with one attached hydrogen (secondary N) is 1. The van der Waals surface area contributed by atoms with Crippen LogP contribution in [0.4, 0.5) is 0 Å². The minimum absolute atomic E-state index is 0.0482. The molecule has 0 fully saturated rings. The van der Waals surface area contributed by atoms with Crippen LogP contribution < -0.4 is 5.32 Å². The number of aliphatic hydroxyl groups is 1. The number of fused-ring (bicyclic) bond motifs is 1. The van der Waals surface area contributed by atoms with Crippen LogP contribution in [0, 0.1) is 6.92 Å². The molecule has 7 heteroatoms. The second kappa shape index (κ2) is 4.46. The standard InChI is InChI=1S/C10H13N5O2/c1-6(5-16)12-9(17)8-13-10-11-4-3-7(2)15(10)14-8/h3-4,6,16H,5H2,1-2H3,(H,12,17)/t6-/m1/s1. The predicted octanol–water partition coefficient (Wildman–Crippen LogP) is -0.457. The fourth-order valence-corrected chi connectivity index (χ4v) is 1.34. The fourth-order valence-electron chi connectivity index (χ4n) is 1.34. The Morgan fingerprint density at radius 2 is 2.41 bits per heavy atom. The van der Waals surface area contributed by atoms with Gasteiger partial charge in [0.2, 0.25) is 5.82 Å². The first-order chi connectivity index (χ1) is 8.11. The van der Waals surface area contributed by atoms with Crippen LogP contribution >= 0.6 is 0 Å². The van der Waals surface area contributed by atoms with Gasteiger partial charge in [0.25, 0.3) is 11.7 Å². The van der Waals surface area contributed by atoms with Crippen molar-refractivity contribution >= 4 is 11.7 Å². The number of rotatable bonds is 3. The number of carbonyl (C=O) groups excluding carboxylic acids is 1. The number of hydrogen-bond donors (Lipinski definition) is 2. The molecule has 0 aliphatic carbocycles. The molecular weight excluding hydrogens is 222 g/mol. The summed E-state index contributed by atoms with van der Waals surface area (Å²) >= 11 is 0. The molecule has 2 N–H and O–H groups in total. The molecule has 17 heavy (non-hydrogen) atoms. The van der Waals surface area contributed by atoms with E-state index in [1.807, 2.05) is 6.92 Å². The van der Waals surface area contributed by atoms with E-state index < -0.39 is 5.91 Å². The molecule has 7 nitrogen and oxygen atoms in total. The number of hydrogen-bond acceptors (Lipinski definition) is 5. The summed E-state index contributed by atoms with van der Waals surface area (Å²) in [5.41, 5.74) is 0.844. The molecule has 1 amide bonds. The number of amides is 1. The first-order valence-electron chi connectivity index (χ1n) is 5.22. The summed E-state index contributed by atoms with van der Waals surface area (Å²) in [5.74, 6) is 0.00958. The lowest BCUT2D eigenvalue weighted by atomic mass is 10.3. The van der Waals surface area contributed by atoms with Gasteiger partial charge in [0.05, 0.1) is 6.61 Å². The maximum Gasteiger partial charge on any atom is 0.291 e. The maximum absolute atomic E-state index is 11.7. The Hall–Kier alpha value is -2.02. The normalized spacial score (nSPS) is 12.6. The van der Waals surface area contributed by atoms with E-state index in [1.54, 1.807) is 19.2 Å². The molecule has 90 valence electrons. The third-order valence-electron chi connectivity index (χ3n) is 2.28. The molecule has 0 aliphatic heterocycles. The number of aryl methyl sites for hydroxylation is 1. The van der Waals surface area contributed by atoms with E-state index in [0.717, 1.165) is 5.69 Å². The Kier molecular flexibility index (Phi) is 3.01. The lowest BCUT2D eigenvalue weighted by molar-refractivity contribution is 0.0912. The van der Waals surface area contributed by atoms with Crippen LogP contribution in [-0.4, -0.2) is 43.2 Å². The van der Waals surface area contributed by atoms with Crippen LogP contribution in [0.2, 0.25) is 0 Å². The van der Waals surface area contributed by atoms with E-state index in [4.69, 9.17) is 5.11 Å². The van der Waals surface area contributed by atoms with Crippen LogP contribution in [-0.2, 0) is 0 Å². The first-order valence-corrected chi connectivity index (χ1v) is 5.22. The van der Waals surface area contributed by atoms with Gasteiger partial charge in [0.15, 0.2) is 0 Å². The average molecular weight is 235 g/mol. The molecule has 2 aromatic rings. The lowest BCUT2D eigenvalue weighted by Gasteiger charge is -2.07. The van der Waals surface area contributed by atoms with Gasteiger partial charge in [0.1, 0.15) is 0 Å². The van der Waals surface area contributed by atoms with Gasteiger partial charge in [-0.3, -0.25) is 4.79 Å². The Morgan fingerprint density at radius 1 is 1.65 bits per heavy atom. The number of aromatic nitrogens is 4. The molecule has 0 aliphatic rings. The highest BCUT2D eigenvalue weighted by Gasteiger charge is 2.15. The fraction of sp³-hybridized carbons (Fsp3) is 0.400. The number of nitrogens with zero attached hydrogens (tertiary/aromatic N) is 4. The van der Waals surface area contributed by atoms with Gasteiger partial charge in [-0.1, -0.05) is 0 Å². The van der Waals surface area contributed by atoms with Gasteiger partial charge in [-0.05, 0) is 19.9 Å².